The molecule has 0 bridgehead atoms. The summed E-state index contributed by atoms with van der Waals surface area (Å²) in [4.78, 5) is 19.1. The molecule has 3 aliphatic heterocycles. The average molecular weight is 295 g/mol. The molecule has 5 heteroatoms. The van der Waals surface area contributed by atoms with Gasteiger partial charge in [0, 0.05) is 44.9 Å². The normalized spacial score (nSPS) is 29.5. The fourth-order valence-electron chi connectivity index (χ4n) is 4.41. The molecule has 3 rings (SSSR count). The number of likely N-dealkylation sites (N-methyl/N-ethyl adjacent to an activating group) is 1. The van der Waals surface area contributed by atoms with E-state index >= 15 is 0 Å². The fraction of sp³-hybridized carbons (Fsp3) is 0.938. The summed E-state index contributed by atoms with van der Waals surface area (Å²) in [5.74, 6) is 0. The van der Waals surface area contributed by atoms with Crippen molar-refractivity contribution in [2.75, 3.05) is 46.9 Å². The Morgan fingerprint density at radius 1 is 1.10 bits per heavy atom. The zero-order chi connectivity index (χ0) is 14.9. The molecule has 0 saturated carbocycles. The first-order valence-electron chi connectivity index (χ1n) is 8.42. The molecule has 5 nitrogen and oxygen atoms in total. The Morgan fingerprint density at radius 3 is 2.33 bits per heavy atom. The molecule has 1 atom stereocenters. The Bertz CT molecular complexity index is 374. The monoisotopic (exact) mass is 295 g/mol. The number of likely N-dealkylation sites (tertiary alicyclic amines) is 3. The minimum absolute atomic E-state index is 0.274. The summed E-state index contributed by atoms with van der Waals surface area (Å²) in [5.41, 5.74) is 0.311. The third kappa shape index (κ3) is 2.78. The standard InChI is InChI=1S/C16H29N3O2/c1-17-14(13-21-2)5-6-16(17)7-11-19(12-8-16)15(20)18-9-3-4-10-18/h14H,3-13H2,1-2H3. The smallest absolute Gasteiger partial charge is 0.319 e. The Balaban J connectivity index is 1.56. The minimum atomic E-state index is 0.274. The van der Waals surface area contributed by atoms with E-state index in [0.29, 0.717) is 11.6 Å². The number of piperidine rings is 1. The van der Waals surface area contributed by atoms with E-state index in [1.165, 1.54) is 25.7 Å². The van der Waals surface area contributed by atoms with Crippen molar-refractivity contribution in [1.29, 1.82) is 0 Å². The highest BCUT2D eigenvalue weighted by atomic mass is 16.5. The van der Waals surface area contributed by atoms with E-state index in [9.17, 15) is 4.79 Å². The highest BCUT2D eigenvalue weighted by Crippen LogP contribution is 2.40. The van der Waals surface area contributed by atoms with Gasteiger partial charge in [-0.25, -0.2) is 4.79 Å². The van der Waals surface area contributed by atoms with E-state index in [1.54, 1.807) is 7.11 Å². The molecule has 1 unspecified atom stereocenters. The van der Waals surface area contributed by atoms with Crippen LogP contribution in [0, 0.1) is 0 Å². The lowest BCUT2D eigenvalue weighted by Crippen LogP contribution is -2.55. The van der Waals surface area contributed by atoms with Gasteiger partial charge in [-0.2, -0.15) is 0 Å². The molecule has 21 heavy (non-hydrogen) atoms. The summed E-state index contributed by atoms with van der Waals surface area (Å²) >= 11 is 0. The lowest BCUT2D eigenvalue weighted by atomic mass is 9.85. The third-order valence-corrected chi connectivity index (χ3v) is 5.94. The van der Waals surface area contributed by atoms with E-state index < -0.39 is 0 Å². The van der Waals surface area contributed by atoms with Crippen molar-refractivity contribution in [2.45, 2.75) is 50.1 Å². The van der Waals surface area contributed by atoms with Crippen molar-refractivity contribution in [3.63, 3.8) is 0 Å². The van der Waals surface area contributed by atoms with Crippen molar-refractivity contribution in [3.8, 4) is 0 Å². The minimum Gasteiger partial charge on any atom is -0.383 e. The Labute approximate surface area is 128 Å². The van der Waals surface area contributed by atoms with Gasteiger partial charge in [0.25, 0.3) is 0 Å². The quantitative estimate of drug-likeness (QED) is 0.779. The predicted octanol–water partition coefficient (Wildman–Crippen LogP) is 1.78. The van der Waals surface area contributed by atoms with Crippen molar-refractivity contribution >= 4 is 6.03 Å². The molecular weight excluding hydrogens is 266 g/mol. The molecule has 3 saturated heterocycles. The van der Waals surface area contributed by atoms with Crippen LogP contribution in [0.1, 0.15) is 38.5 Å². The number of ether oxygens (including phenoxy) is 1. The Hall–Kier alpha value is -0.810. The zero-order valence-electron chi connectivity index (χ0n) is 13.5. The number of urea groups is 1. The van der Waals surface area contributed by atoms with Gasteiger partial charge in [-0.3, -0.25) is 4.90 Å². The van der Waals surface area contributed by atoms with Gasteiger partial charge >= 0.3 is 6.03 Å². The first-order valence-corrected chi connectivity index (χ1v) is 8.42. The summed E-state index contributed by atoms with van der Waals surface area (Å²) in [7, 11) is 4.03. The fourth-order valence-corrected chi connectivity index (χ4v) is 4.41. The summed E-state index contributed by atoms with van der Waals surface area (Å²) in [6.45, 7) is 4.57. The second-order valence-electron chi connectivity index (χ2n) is 6.95. The molecule has 3 heterocycles. The highest BCUT2D eigenvalue weighted by Gasteiger charge is 2.46. The molecule has 3 aliphatic rings. The van der Waals surface area contributed by atoms with Crippen molar-refractivity contribution in [1.82, 2.24) is 14.7 Å². The van der Waals surface area contributed by atoms with Crippen LogP contribution in [-0.4, -0.2) is 79.3 Å². The number of nitrogens with zero attached hydrogens (tertiary/aromatic N) is 3. The van der Waals surface area contributed by atoms with Crippen molar-refractivity contribution in [2.24, 2.45) is 0 Å². The topological polar surface area (TPSA) is 36.0 Å². The number of hydrogen-bond acceptors (Lipinski definition) is 3. The average Bonchev–Trinajstić information content (AvgIpc) is 3.13. The zero-order valence-corrected chi connectivity index (χ0v) is 13.5. The van der Waals surface area contributed by atoms with E-state index in [4.69, 9.17) is 4.74 Å². The van der Waals surface area contributed by atoms with Gasteiger partial charge in [-0.15, -0.1) is 0 Å². The second kappa shape index (κ2) is 6.13. The summed E-state index contributed by atoms with van der Waals surface area (Å²) in [6, 6.07) is 0.826. The molecule has 0 aromatic heterocycles. The van der Waals surface area contributed by atoms with Crippen LogP contribution in [0.5, 0.6) is 0 Å². The van der Waals surface area contributed by atoms with Crippen molar-refractivity contribution < 1.29 is 9.53 Å². The Kier molecular flexibility index (Phi) is 4.41. The van der Waals surface area contributed by atoms with E-state index in [1.807, 2.05) is 4.90 Å². The maximum atomic E-state index is 12.5. The molecule has 0 N–H and O–H groups in total. The van der Waals surface area contributed by atoms with Gasteiger partial charge in [0.05, 0.1) is 6.61 Å². The van der Waals surface area contributed by atoms with E-state index in [0.717, 1.165) is 45.6 Å². The van der Waals surface area contributed by atoms with Gasteiger partial charge in [-0.05, 0) is 45.6 Å². The second-order valence-corrected chi connectivity index (χ2v) is 6.95. The summed E-state index contributed by atoms with van der Waals surface area (Å²) in [5, 5.41) is 0. The number of amides is 2. The first-order chi connectivity index (χ1) is 10.2. The third-order valence-electron chi connectivity index (χ3n) is 5.94. The lowest BCUT2D eigenvalue weighted by molar-refractivity contribution is 0.0344. The van der Waals surface area contributed by atoms with Gasteiger partial charge in [0.15, 0.2) is 0 Å². The Morgan fingerprint density at radius 2 is 1.71 bits per heavy atom. The SMILES string of the molecule is COCC1CCC2(CCN(C(=O)N3CCCC3)CC2)N1C. The molecule has 1 spiro atoms. The van der Waals surface area contributed by atoms with E-state index in [2.05, 4.69) is 16.8 Å². The lowest BCUT2D eigenvalue weighted by Gasteiger charge is -2.45. The highest BCUT2D eigenvalue weighted by molar-refractivity contribution is 5.74. The molecule has 0 aromatic carbocycles. The maximum Gasteiger partial charge on any atom is 0.319 e. The van der Waals surface area contributed by atoms with E-state index in [-0.39, 0.29) is 6.03 Å². The van der Waals surface area contributed by atoms with Crippen molar-refractivity contribution in [3.05, 3.63) is 0 Å². The van der Waals surface area contributed by atoms with Gasteiger partial charge in [0.1, 0.15) is 0 Å². The van der Waals surface area contributed by atoms with Crippen LogP contribution in [-0.2, 0) is 4.74 Å². The van der Waals surface area contributed by atoms with Crippen LogP contribution in [0.2, 0.25) is 0 Å². The van der Waals surface area contributed by atoms with Crippen LogP contribution >= 0.6 is 0 Å². The van der Waals surface area contributed by atoms with Crippen LogP contribution in [0.4, 0.5) is 4.79 Å². The summed E-state index contributed by atoms with van der Waals surface area (Å²) in [6.07, 6.45) is 7.05. The number of carbonyl (C=O) groups is 1. The maximum absolute atomic E-state index is 12.5. The van der Waals surface area contributed by atoms with Crippen LogP contribution < -0.4 is 0 Å². The number of hydrogen-bond donors (Lipinski definition) is 0. The molecule has 0 aromatic rings. The molecule has 0 radical (unpaired) electrons. The summed E-state index contributed by atoms with van der Waals surface area (Å²) < 4.78 is 5.34. The predicted molar refractivity (Wildman–Crippen MR) is 82.4 cm³/mol. The number of carbonyl (C=O) groups excluding carboxylic acids is 1. The first kappa shape index (κ1) is 15.1. The molecule has 120 valence electrons. The van der Waals surface area contributed by atoms with Gasteiger partial charge < -0.3 is 14.5 Å². The van der Waals surface area contributed by atoms with Crippen LogP contribution in [0.3, 0.4) is 0 Å². The molecular formula is C16H29N3O2. The molecule has 3 fully saturated rings. The van der Waals surface area contributed by atoms with Gasteiger partial charge in [-0.1, -0.05) is 0 Å². The molecule has 2 amide bonds. The molecule has 0 aliphatic carbocycles. The largest absolute Gasteiger partial charge is 0.383 e. The number of methoxy groups -OCH3 is 1. The van der Waals surface area contributed by atoms with Crippen LogP contribution in [0.25, 0.3) is 0 Å². The van der Waals surface area contributed by atoms with Crippen LogP contribution in [0.15, 0.2) is 0 Å². The number of rotatable bonds is 2. The van der Waals surface area contributed by atoms with Gasteiger partial charge in [0.2, 0.25) is 0 Å².